The number of para-hydroxylation sites is 2. The average molecular weight is 716 g/mol. The fourth-order valence-electron chi connectivity index (χ4n) is 6.18. The monoisotopic (exact) mass is 715 g/mol. The van der Waals surface area contributed by atoms with E-state index in [0.29, 0.717) is 43.6 Å². The average Bonchev–Trinajstić information content (AvgIpc) is 3.19. The van der Waals surface area contributed by atoms with Gasteiger partial charge in [-0.1, -0.05) is 103 Å². The summed E-state index contributed by atoms with van der Waals surface area (Å²) < 4.78 is 13.1. The molecule has 0 aromatic heterocycles. The maximum atomic E-state index is 12.7. The number of nitrogen functional groups attached to an aromatic ring is 1. The summed E-state index contributed by atoms with van der Waals surface area (Å²) in [6, 6.07) is 41.7. The van der Waals surface area contributed by atoms with Crippen LogP contribution < -0.4 is 16.4 Å². The number of aliphatic hydroxyl groups is 1. The Hall–Kier alpha value is -4.93. The van der Waals surface area contributed by atoms with Crippen molar-refractivity contribution in [2.75, 3.05) is 16.8 Å². The normalized spacial score (nSPS) is 17.0. The van der Waals surface area contributed by atoms with Crippen molar-refractivity contribution in [1.82, 2.24) is 5.32 Å². The van der Waals surface area contributed by atoms with Gasteiger partial charge in [0.1, 0.15) is 0 Å². The lowest BCUT2D eigenvalue weighted by Gasteiger charge is -2.36. The van der Waals surface area contributed by atoms with E-state index < -0.39 is 6.29 Å². The first-order valence-corrected chi connectivity index (χ1v) is 18.7. The third-order valence-electron chi connectivity index (χ3n) is 9.07. The fraction of sp³-hybridized carbons (Fsp3) is 0.256. The SMILES string of the molecule is Nc1ccccc1NC(=O)CCCCC(=O)NCc1ccccc1-c1ccc([C@H]2O[C@@H](CSc3ccccc3)C[C@@H](c3ccc(CO)cc3)O2)cc1. The third kappa shape index (κ3) is 10.3. The van der Waals surface area contributed by atoms with Crippen LogP contribution in [0.5, 0.6) is 0 Å². The van der Waals surface area contributed by atoms with E-state index in [9.17, 15) is 14.7 Å². The first-order valence-electron chi connectivity index (χ1n) is 17.7. The van der Waals surface area contributed by atoms with Gasteiger partial charge in [-0.3, -0.25) is 9.59 Å². The molecule has 0 bridgehead atoms. The molecule has 0 unspecified atom stereocenters. The molecule has 9 heteroatoms. The number of thioether (sulfide) groups is 1. The Morgan fingerprint density at radius 3 is 2.17 bits per heavy atom. The number of benzene rings is 5. The lowest BCUT2D eigenvalue weighted by atomic mass is 9.97. The van der Waals surface area contributed by atoms with Gasteiger partial charge in [-0.25, -0.2) is 0 Å². The number of unbranched alkanes of at least 4 members (excludes halogenated alkanes) is 1. The number of carbonyl (C=O) groups is 2. The molecule has 1 aliphatic rings. The summed E-state index contributed by atoms with van der Waals surface area (Å²) >= 11 is 1.78. The molecule has 0 spiro atoms. The number of nitrogens with one attached hydrogen (secondary N) is 2. The molecule has 5 aromatic carbocycles. The molecule has 5 N–H and O–H groups in total. The molecule has 268 valence electrons. The minimum absolute atomic E-state index is 0.00369. The Bertz CT molecular complexity index is 1900. The van der Waals surface area contributed by atoms with E-state index >= 15 is 0 Å². The number of amides is 2. The summed E-state index contributed by atoms with van der Waals surface area (Å²) in [7, 11) is 0. The largest absolute Gasteiger partial charge is 0.397 e. The van der Waals surface area contributed by atoms with Gasteiger partial charge in [0, 0.05) is 42.0 Å². The molecule has 1 aliphatic heterocycles. The Labute approximate surface area is 309 Å². The fourth-order valence-corrected chi connectivity index (χ4v) is 7.12. The van der Waals surface area contributed by atoms with Crippen molar-refractivity contribution in [2.45, 2.75) is 68.6 Å². The highest BCUT2D eigenvalue weighted by Crippen LogP contribution is 2.40. The van der Waals surface area contributed by atoms with Crippen LogP contribution in [0.2, 0.25) is 0 Å². The second-order valence-corrected chi connectivity index (χ2v) is 14.0. The Morgan fingerprint density at radius 2 is 1.42 bits per heavy atom. The number of hydrogen-bond donors (Lipinski definition) is 4. The van der Waals surface area contributed by atoms with Crippen LogP contribution in [0.4, 0.5) is 11.4 Å². The first-order chi connectivity index (χ1) is 25.4. The van der Waals surface area contributed by atoms with Gasteiger partial charge in [0.25, 0.3) is 0 Å². The molecule has 0 saturated carbocycles. The topological polar surface area (TPSA) is 123 Å². The van der Waals surface area contributed by atoms with Crippen LogP contribution in [0.25, 0.3) is 11.1 Å². The van der Waals surface area contributed by atoms with E-state index in [2.05, 4.69) is 53.1 Å². The number of ether oxygens (including phenoxy) is 2. The molecule has 8 nitrogen and oxygen atoms in total. The Balaban J connectivity index is 1.05. The quantitative estimate of drug-likeness (QED) is 0.0487. The number of carbonyl (C=O) groups excluding carboxylic acids is 2. The summed E-state index contributed by atoms with van der Waals surface area (Å²) in [6.07, 6.45) is 1.89. The molecule has 1 heterocycles. The highest BCUT2D eigenvalue weighted by molar-refractivity contribution is 7.99. The zero-order chi connectivity index (χ0) is 36.1. The molecular formula is C43H45N3O5S. The zero-order valence-electron chi connectivity index (χ0n) is 29.1. The van der Waals surface area contributed by atoms with Crippen LogP contribution in [0.3, 0.4) is 0 Å². The lowest BCUT2D eigenvalue weighted by Crippen LogP contribution is -2.31. The highest BCUT2D eigenvalue weighted by atomic mass is 32.2. The second-order valence-electron chi connectivity index (χ2n) is 12.9. The summed E-state index contributed by atoms with van der Waals surface area (Å²) in [4.78, 5) is 26.2. The number of rotatable bonds is 15. The zero-order valence-corrected chi connectivity index (χ0v) is 29.9. The van der Waals surface area contributed by atoms with Gasteiger partial charge in [0.15, 0.2) is 6.29 Å². The van der Waals surface area contributed by atoms with Gasteiger partial charge in [0.05, 0.1) is 30.2 Å². The van der Waals surface area contributed by atoms with E-state index in [1.54, 1.807) is 23.9 Å². The van der Waals surface area contributed by atoms with E-state index in [-0.39, 0.29) is 30.6 Å². The molecule has 3 atom stereocenters. The van der Waals surface area contributed by atoms with Crippen molar-refractivity contribution in [3.05, 3.63) is 150 Å². The van der Waals surface area contributed by atoms with Crippen LogP contribution in [0.1, 0.15) is 66.8 Å². The van der Waals surface area contributed by atoms with Crippen molar-refractivity contribution >= 4 is 35.0 Å². The molecule has 2 amide bonds. The smallest absolute Gasteiger partial charge is 0.224 e. The van der Waals surface area contributed by atoms with Gasteiger partial charge in [-0.15, -0.1) is 11.8 Å². The highest BCUT2D eigenvalue weighted by Gasteiger charge is 2.32. The van der Waals surface area contributed by atoms with Gasteiger partial charge in [0.2, 0.25) is 11.8 Å². The van der Waals surface area contributed by atoms with Crippen LogP contribution in [0.15, 0.2) is 132 Å². The molecule has 1 saturated heterocycles. The summed E-state index contributed by atoms with van der Waals surface area (Å²) in [5.41, 5.74) is 13.0. The number of nitrogens with two attached hydrogens (primary N) is 1. The van der Waals surface area contributed by atoms with Crippen molar-refractivity contribution in [2.24, 2.45) is 0 Å². The molecule has 0 aliphatic carbocycles. The standard InChI is InChI=1S/C43H45N3O5S/c44-38-14-6-7-15-39(38)46-42(49)17-9-8-16-41(48)45-27-34-10-4-5-13-37(34)31-22-24-33(25-23-31)43-50-35(29-52-36-11-2-1-3-12-36)26-40(51-43)32-20-18-30(28-47)19-21-32/h1-7,10-15,18-25,35,40,43,47H,8-9,16-17,26-29,44H2,(H,45,48)(H,46,49)/t35-,40+,43+/m1/s1. The molecule has 0 radical (unpaired) electrons. The molecule has 1 fully saturated rings. The van der Waals surface area contributed by atoms with Gasteiger partial charge >= 0.3 is 0 Å². The predicted molar refractivity (Wildman–Crippen MR) is 207 cm³/mol. The third-order valence-corrected chi connectivity index (χ3v) is 10.2. The maximum Gasteiger partial charge on any atom is 0.224 e. The Kier molecular flexibility index (Phi) is 13.1. The lowest BCUT2D eigenvalue weighted by molar-refractivity contribution is -0.245. The van der Waals surface area contributed by atoms with E-state index in [1.165, 1.54) is 4.90 Å². The summed E-state index contributed by atoms with van der Waals surface area (Å²) in [5.74, 6) is 0.630. The Morgan fingerprint density at radius 1 is 0.750 bits per heavy atom. The maximum absolute atomic E-state index is 12.7. The minimum atomic E-state index is -0.538. The van der Waals surface area contributed by atoms with Gasteiger partial charge < -0.3 is 30.9 Å². The number of anilines is 2. The second kappa shape index (κ2) is 18.5. The minimum Gasteiger partial charge on any atom is -0.397 e. The van der Waals surface area contributed by atoms with Gasteiger partial charge in [-0.05, 0) is 64.9 Å². The van der Waals surface area contributed by atoms with Crippen molar-refractivity contribution < 1.29 is 24.2 Å². The van der Waals surface area contributed by atoms with E-state index in [1.807, 2.05) is 72.8 Å². The molecule has 6 rings (SSSR count). The number of hydrogen-bond acceptors (Lipinski definition) is 7. The molecule has 5 aromatic rings. The number of aliphatic hydroxyl groups excluding tert-OH is 1. The van der Waals surface area contributed by atoms with Gasteiger partial charge in [-0.2, -0.15) is 0 Å². The van der Waals surface area contributed by atoms with E-state index in [0.717, 1.165) is 45.6 Å². The van der Waals surface area contributed by atoms with E-state index in [4.69, 9.17) is 15.2 Å². The van der Waals surface area contributed by atoms with Crippen LogP contribution >= 0.6 is 11.8 Å². The molecular weight excluding hydrogens is 671 g/mol. The first kappa shape index (κ1) is 36.8. The summed E-state index contributed by atoms with van der Waals surface area (Å²) in [6.45, 7) is 0.403. The van der Waals surface area contributed by atoms with Crippen molar-refractivity contribution in [3.63, 3.8) is 0 Å². The van der Waals surface area contributed by atoms with Crippen LogP contribution in [-0.4, -0.2) is 28.8 Å². The molecule has 52 heavy (non-hydrogen) atoms. The van der Waals surface area contributed by atoms with Crippen molar-refractivity contribution in [1.29, 1.82) is 0 Å². The predicted octanol–water partition coefficient (Wildman–Crippen LogP) is 8.58. The van der Waals surface area contributed by atoms with Crippen LogP contribution in [-0.2, 0) is 32.2 Å². The van der Waals surface area contributed by atoms with Crippen LogP contribution in [0, 0.1) is 0 Å². The van der Waals surface area contributed by atoms with Crippen molar-refractivity contribution in [3.8, 4) is 11.1 Å². The summed E-state index contributed by atoms with van der Waals surface area (Å²) in [5, 5.41) is 15.4.